The van der Waals surface area contributed by atoms with E-state index < -0.39 is 0 Å². The molecule has 0 saturated carbocycles. The minimum atomic E-state index is -0.356. The first kappa shape index (κ1) is 13.4. The molecule has 0 amide bonds. The third kappa shape index (κ3) is 2.65. The first-order chi connectivity index (χ1) is 10.1. The Bertz CT molecular complexity index is 889. The van der Waals surface area contributed by atoms with Gasteiger partial charge in [-0.25, -0.2) is 4.79 Å². The molecular formula is C17H16N2O2. The Balaban J connectivity index is 1.95. The maximum absolute atomic E-state index is 12.4. The SMILES string of the molecule is Cc1ccc(CCn2c(=O)[nH]c3ccccc3c2=O)cc1. The molecule has 2 aromatic carbocycles. The summed E-state index contributed by atoms with van der Waals surface area (Å²) < 4.78 is 1.27. The number of hydrogen-bond acceptors (Lipinski definition) is 2. The largest absolute Gasteiger partial charge is 0.328 e. The summed E-state index contributed by atoms with van der Waals surface area (Å²) in [6.45, 7) is 2.41. The molecule has 0 aliphatic carbocycles. The molecule has 3 aromatic rings. The van der Waals surface area contributed by atoms with E-state index in [1.807, 2.05) is 31.2 Å². The lowest BCUT2D eigenvalue weighted by atomic mass is 10.1. The van der Waals surface area contributed by atoms with Gasteiger partial charge in [0.1, 0.15) is 0 Å². The van der Waals surface area contributed by atoms with Gasteiger partial charge < -0.3 is 4.98 Å². The number of hydrogen-bond donors (Lipinski definition) is 1. The summed E-state index contributed by atoms with van der Waals surface area (Å²) in [5, 5.41) is 0.543. The lowest BCUT2D eigenvalue weighted by Crippen LogP contribution is -2.35. The van der Waals surface area contributed by atoms with Gasteiger partial charge in [-0.1, -0.05) is 42.0 Å². The van der Waals surface area contributed by atoms with Crippen molar-refractivity contribution in [2.75, 3.05) is 0 Å². The van der Waals surface area contributed by atoms with Gasteiger partial charge in [-0.3, -0.25) is 9.36 Å². The highest BCUT2D eigenvalue weighted by atomic mass is 16.2. The van der Waals surface area contributed by atoms with Gasteiger partial charge in [-0.2, -0.15) is 0 Å². The Morgan fingerprint density at radius 1 is 1.00 bits per heavy atom. The predicted molar refractivity (Wildman–Crippen MR) is 83.7 cm³/mol. The van der Waals surface area contributed by atoms with E-state index in [4.69, 9.17) is 0 Å². The Labute approximate surface area is 121 Å². The number of nitrogens with zero attached hydrogens (tertiary/aromatic N) is 1. The van der Waals surface area contributed by atoms with Crippen LogP contribution in [0.15, 0.2) is 58.1 Å². The van der Waals surface area contributed by atoms with Gasteiger partial charge in [0.05, 0.1) is 10.9 Å². The quantitative estimate of drug-likeness (QED) is 0.800. The van der Waals surface area contributed by atoms with E-state index >= 15 is 0 Å². The molecule has 1 heterocycles. The second-order valence-electron chi connectivity index (χ2n) is 5.17. The highest BCUT2D eigenvalue weighted by molar-refractivity contribution is 5.76. The summed E-state index contributed by atoms with van der Waals surface area (Å²) in [5.41, 5.74) is 2.30. The number of aryl methyl sites for hydroxylation is 2. The average molecular weight is 280 g/mol. The van der Waals surface area contributed by atoms with Crippen molar-refractivity contribution in [3.63, 3.8) is 0 Å². The molecule has 0 radical (unpaired) electrons. The van der Waals surface area contributed by atoms with Crippen LogP contribution in [0.4, 0.5) is 0 Å². The number of rotatable bonds is 3. The molecule has 0 unspecified atom stereocenters. The predicted octanol–water partition coefficient (Wildman–Crippen LogP) is 2.24. The Hall–Kier alpha value is -2.62. The standard InChI is InChI=1S/C17H16N2O2/c1-12-6-8-13(9-7-12)10-11-19-16(20)14-4-2-3-5-15(14)18-17(19)21/h2-9H,10-11H2,1H3,(H,18,21). The minimum absolute atomic E-state index is 0.235. The van der Waals surface area contributed by atoms with Gasteiger partial charge in [0, 0.05) is 6.54 Å². The maximum atomic E-state index is 12.4. The normalized spacial score (nSPS) is 10.9. The van der Waals surface area contributed by atoms with Crippen LogP contribution in [0.2, 0.25) is 0 Å². The third-order valence-electron chi connectivity index (χ3n) is 3.63. The van der Waals surface area contributed by atoms with Crippen molar-refractivity contribution in [1.29, 1.82) is 0 Å². The van der Waals surface area contributed by atoms with Crippen LogP contribution < -0.4 is 11.2 Å². The van der Waals surface area contributed by atoms with Gasteiger partial charge in [0.2, 0.25) is 0 Å². The fourth-order valence-electron chi connectivity index (χ4n) is 2.40. The molecule has 0 bridgehead atoms. The zero-order valence-corrected chi connectivity index (χ0v) is 11.8. The summed E-state index contributed by atoms with van der Waals surface area (Å²) in [6, 6.07) is 15.2. The molecular weight excluding hydrogens is 264 g/mol. The number of nitrogens with one attached hydrogen (secondary N) is 1. The monoisotopic (exact) mass is 280 g/mol. The zero-order chi connectivity index (χ0) is 14.8. The number of benzene rings is 2. The van der Waals surface area contributed by atoms with Gasteiger partial charge in [-0.15, -0.1) is 0 Å². The molecule has 0 saturated heterocycles. The van der Waals surface area contributed by atoms with Crippen LogP contribution in [-0.2, 0) is 13.0 Å². The van der Waals surface area contributed by atoms with Crippen LogP contribution in [0.25, 0.3) is 10.9 Å². The molecule has 0 aliphatic rings. The molecule has 21 heavy (non-hydrogen) atoms. The maximum Gasteiger partial charge on any atom is 0.328 e. The Morgan fingerprint density at radius 2 is 1.71 bits per heavy atom. The molecule has 1 aromatic heterocycles. The first-order valence-electron chi connectivity index (χ1n) is 6.92. The average Bonchev–Trinajstić information content (AvgIpc) is 2.49. The first-order valence-corrected chi connectivity index (χ1v) is 6.92. The van der Waals surface area contributed by atoms with Crippen LogP contribution in [0, 0.1) is 6.92 Å². The lowest BCUT2D eigenvalue weighted by Gasteiger charge is -2.06. The molecule has 4 nitrogen and oxygen atoms in total. The van der Waals surface area contributed by atoms with Gasteiger partial charge in [0.25, 0.3) is 5.56 Å². The van der Waals surface area contributed by atoms with E-state index in [2.05, 4.69) is 4.98 Å². The Morgan fingerprint density at radius 3 is 2.48 bits per heavy atom. The van der Waals surface area contributed by atoms with Gasteiger partial charge >= 0.3 is 5.69 Å². The summed E-state index contributed by atoms with van der Waals surface area (Å²) in [4.78, 5) is 27.2. The van der Waals surface area contributed by atoms with E-state index in [-0.39, 0.29) is 11.2 Å². The summed E-state index contributed by atoms with van der Waals surface area (Å²) in [6.07, 6.45) is 0.654. The van der Waals surface area contributed by atoms with E-state index in [9.17, 15) is 9.59 Å². The van der Waals surface area contributed by atoms with Crippen molar-refractivity contribution in [1.82, 2.24) is 9.55 Å². The second kappa shape index (κ2) is 5.40. The fourth-order valence-corrected chi connectivity index (χ4v) is 2.40. The number of para-hydroxylation sites is 1. The molecule has 3 rings (SSSR count). The summed E-state index contributed by atoms with van der Waals surface area (Å²) in [5.74, 6) is 0. The number of fused-ring (bicyclic) bond motifs is 1. The summed E-state index contributed by atoms with van der Waals surface area (Å²) >= 11 is 0. The molecule has 4 heteroatoms. The smallest absolute Gasteiger partial charge is 0.307 e. The Kier molecular flexibility index (Phi) is 3.44. The zero-order valence-electron chi connectivity index (χ0n) is 11.8. The van der Waals surface area contributed by atoms with Crippen LogP contribution in [0.5, 0.6) is 0 Å². The topological polar surface area (TPSA) is 54.9 Å². The van der Waals surface area contributed by atoms with E-state index in [1.54, 1.807) is 24.3 Å². The summed E-state index contributed by atoms with van der Waals surface area (Å²) in [7, 11) is 0. The molecule has 0 atom stereocenters. The van der Waals surface area contributed by atoms with Crippen LogP contribution >= 0.6 is 0 Å². The number of aromatic amines is 1. The van der Waals surface area contributed by atoms with Crippen molar-refractivity contribution in [3.05, 3.63) is 80.5 Å². The number of aromatic nitrogens is 2. The minimum Gasteiger partial charge on any atom is -0.307 e. The lowest BCUT2D eigenvalue weighted by molar-refractivity contribution is 0.636. The third-order valence-corrected chi connectivity index (χ3v) is 3.63. The van der Waals surface area contributed by atoms with Crippen LogP contribution in [-0.4, -0.2) is 9.55 Å². The highest BCUT2D eigenvalue weighted by Crippen LogP contribution is 2.06. The van der Waals surface area contributed by atoms with E-state index in [0.717, 1.165) is 5.56 Å². The molecule has 0 spiro atoms. The molecule has 0 fully saturated rings. The molecule has 106 valence electrons. The van der Waals surface area contributed by atoms with E-state index in [0.29, 0.717) is 23.9 Å². The molecule has 0 aliphatic heterocycles. The molecule has 1 N–H and O–H groups in total. The van der Waals surface area contributed by atoms with Crippen molar-refractivity contribution in [2.45, 2.75) is 19.9 Å². The van der Waals surface area contributed by atoms with Crippen molar-refractivity contribution < 1.29 is 0 Å². The van der Waals surface area contributed by atoms with Crippen LogP contribution in [0.1, 0.15) is 11.1 Å². The van der Waals surface area contributed by atoms with Crippen LogP contribution in [0.3, 0.4) is 0 Å². The van der Waals surface area contributed by atoms with Crippen molar-refractivity contribution in [2.24, 2.45) is 0 Å². The van der Waals surface area contributed by atoms with Gasteiger partial charge in [-0.05, 0) is 31.0 Å². The highest BCUT2D eigenvalue weighted by Gasteiger charge is 2.06. The van der Waals surface area contributed by atoms with E-state index in [1.165, 1.54) is 10.1 Å². The van der Waals surface area contributed by atoms with Gasteiger partial charge in [0.15, 0.2) is 0 Å². The second-order valence-corrected chi connectivity index (χ2v) is 5.17. The number of H-pyrrole nitrogens is 1. The fraction of sp³-hybridized carbons (Fsp3) is 0.176. The van der Waals surface area contributed by atoms with Crippen molar-refractivity contribution >= 4 is 10.9 Å². The van der Waals surface area contributed by atoms with Crippen molar-refractivity contribution in [3.8, 4) is 0 Å².